The second-order valence-corrected chi connectivity index (χ2v) is 0.885. The van der Waals surface area contributed by atoms with Crippen LogP contribution in [0.5, 0.6) is 0 Å². The Bertz CT molecular complexity index is 66.9. The van der Waals surface area contributed by atoms with Crippen LogP contribution in [-0.2, 0) is 0 Å². The van der Waals surface area contributed by atoms with Crippen LogP contribution in [-0.4, -0.2) is 26.1 Å². The van der Waals surface area contributed by atoms with Crippen molar-refractivity contribution in [2.45, 2.75) is 0 Å². The predicted molar refractivity (Wildman–Crippen MR) is 51.1 cm³/mol. The van der Waals surface area contributed by atoms with E-state index in [0.717, 1.165) is 0 Å². The van der Waals surface area contributed by atoms with Gasteiger partial charge >= 0.3 is 0 Å². The first-order valence-electron chi connectivity index (χ1n) is 3.31. The third-order valence-electron chi connectivity index (χ3n) is 0.496. The molecule has 0 aliphatic carbocycles. The van der Waals surface area contributed by atoms with Gasteiger partial charge in [0.2, 0.25) is 0 Å². The van der Waals surface area contributed by atoms with Crippen LogP contribution < -0.4 is 17.2 Å². The Morgan fingerprint density at radius 1 is 0.727 bits per heavy atom. The van der Waals surface area contributed by atoms with E-state index in [9.17, 15) is 0 Å². The smallest absolute Gasteiger partial charge is 0.000496 e. The highest BCUT2D eigenvalue weighted by Gasteiger charge is 1.55. The van der Waals surface area contributed by atoms with Gasteiger partial charge in [-0.1, -0.05) is 0 Å². The van der Waals surface area contributed by atoms with Crippen LogP contribution in [0.2, 0.25) is 0 Å². The number of aromatic nitrogens is 1. The van der Waals surface area contributed by atoms with Gasteiger partial charge in [0, 0.05) is 12.4 Å². The number of H-pyrrole nitrogens is 1. The third-order valence-corrected chi connectivity index (χ3v) is 0.496. The second-order valence-electron chi connectivity index (χ2n) is 0.885. The molecule has 0 spiro atoms. The van der Waals surface area contributed by atoms with Gasteiger partial charge in [0.05, 0.1) is 0 Å². The first kappa shape index (κ1) is 16.6. The number of nitrogens with two attached hydrogens (primary N) is 3. The van der Waals surface area contributed by atoms with Crippen molar-refractivity contribution < 1.29 is 0 Å². The average Bonchev–Trinajstić information content (AvgIpc) is 2.71. The molecular formula is C7H20N4. The van der Waals surface area contributed by atoms with Gasteiger partial charge in [0.25, 0.3) is 0 Å². The van der Waals surface area contributed by atoms with Gasteiger partial charge in [0.1, 0.15) is 0 Å². The summed E-state index contributed by atoms with van der Waals surface area (Å²) in [7, 11) is 4.50. The van der Waals surface area contributed by atoms with Crippen molar-refractivity contribution in [3.63, 3.8) is 0 Å². The zero-order chi connectivity index (χ0) is 9.54. The van der Waals surface area contributed by atoms with Crippen LogP contribution in [0.15, 0.2) is 24.5 Å². The maximum absolute atomic E-state index is 4.50. The molecular weight excluding hydrogens is 140 g/mol. The third kappa shape index (κ3) is 27.1. The van der Waals surface area contributed by atoms with Crippen molar-refractivity contribution in [2.75, 3.05) is 21.1 Å². The van der Waals surface area contributed by atoms with E-state index in [4.69, 9.17) is 0 Å². The number of hydrogen-bond acceptors (Lipinski definition) is 3. The molecule has 0 bridgehead atoms. The molecule has 0 aliphatic rings. The fourth-order valence-corrected chi connectivity index (χ4v) is 0.278. The summed E-state index contributed by atoms with van der Waals surface area (Å²) >= 11 is 0. The summed E-state index contributed by atoms with van der Waals surface area (Å²) in [6.45, 7) is 0. The summed E-state index contributed by atoms with van der Waals surface area (Å²) in [4.78, 5) is 2.86. The fraction of sp³-hybridized carbons (Fsp3) is 0.429. The minimum absolute atomic E-state index is 1.50. The minimum atomic E-state index is 1.50. The van der Waals surface area contributed by atoms with E-state index in [-0.39, 0.29) is 0 Å². The molecule has 0 atom stereocenters. The Morgan fingerprint density at radius 2 is 1.00 bits per heavy atom. The highest BCUT2D eigenvalue weighted by molar-refractivity contribution is 4.84. The fourth-order valence-electron chi connectivity index (χ4n) is 0.278. The molecule has 1 aromatic heterocycles. The van der Waals surface area contributed by atoms with Crippen molar-refractivity contribution in [2.24, 2.45) is 17.2 Å². The summed E-state index contributed by atoms with van der Waals surface area (Å²) in [5.74, 6) is 0. The predicted octanol–water partition coefficient (Wildman–Crippen LogP) is -0.261. The quantitative estimate of drug-likeness (QED) is 0.421. The number of rotatable bonds is 0. The average molecular weight is 160 g/mol. The lowest BCUT2D eigenvalue weighted by Crippen LogP contribution is -1.69. The van der Waals surface area contributed by atoms with E-state index in [0.29, 0.717) is 0 Å². The van der Waals surface area contributed by atoms with Crippen molar-refractivity contribution >= 4 is 0 Å². The number of nitrogens with one attached hydrogen (secondary N) is 1. The van der Waals surface area contributed by atoms with Crippen LogP contribution in [0, 0.1) is 0 Å². The zero-order valence-corrected chi connectivity index (χ0v) is 7.54. The second kappa shape index (κ2) is 35.2. The normalized spacial score (nSPS) is 5.27. The van der Waals surface area contributed by atoms with Crippen molar-refractivity contribution in [1.29, 1.82) is 0 Å². The van der Waals surface area contributed by atoms with Gasteiger partial charge in [-0.15, -0.1) is 0 Å². The lowest BCUT2D eigenvalue weighted by Gasteiger charge is -1.49. The Labute approximate surface area is 68.8 Å². The van der Waals surface area contributed by atoms with Gasteiger partial charge in [-0.05, 0) is 33.3 Å². The Balaban J connectivity index is -0.0000000933. The number of hydrogen-bond donors (Lipinski definition) is 4. The van der Waals surface area contributed by atoms with E-state index in [1.807, 2.05) is 24.5 Å². The minimum Gasteiger partial charge on any atom is -0.368 e. The molecule has 0 aliphatic heterocycles. The molecule has 11 heavy (non-hydrogen) atoms. The van der Waals surface area contributed by atoms with Crippen molar-refractivity contribution in [1.82, 2.24) is 4.98 Å². The molecule has 1 aromatic rings. The van der Waals surface area contributed by atoms with Crippen LogP contribution >= 0.6 is 0 Å². The summed E-state index contributed by atoms with van der Waals surface area (Å²) < 4.78 is 0. The molecule has 0 fully saturated rings. The molecule has 7 N–H and O–H groups in total. The van der Waals surface area contributed by atoms with Gasteiger partial charge in [-0.25, -0.2) is 0 Å². The maximum Gasteiger partial charge on any atom is 0.000496 e. The zero-order valence-electron chi connectivity index (χ0n) is 7.54. The van der Waals surface area contributed by atoms with Gasteiger partial charge in [-0.3, -0.25) is 0 Å². The van der Waals surface area contributed by atoms with Gasteiger partial charge < -0.3 is 22.2 Å². The molecule has 1 heterocycles. The molecule has 4 nitrogen and oxygen atoms in total. The van der Waals surface area contributed by atoms with Crippen molar-refractivity contribution in [3.8, 4) is 0 Å². The molecule has 68 valence electrons. The Kier molecular flexibility index (Phi) is 53.3. The summed E-state index contributed by atoms with van der Waals surface area (Å²) in [5.41, 5.74) is 13.5. The van der Waals surface area contributed by atoms with Gasteiger partial charge in [-0.2, -0.15) is 0 Å². The highest BCUT2D eigenvalue weighted by atomic mass is 14.6. The molecule has 0 saturated heterocycles. The molecule has 4 heteroatoms. The lowest BCUT2D eigenvalue weighted by atomic mass is 10.7. The first-order chi connectivity index (χ1) is 5.50. The summed E-state index contributed by atoms with van der Waals surface area (Å²) in [5, 5.41) is 0. The van der Waals surface area contributed by atoms with Crippen LogP contribution in [0.1, 0.15) is 0 Å². The monoisotopic (exact) mass is 160 g/mol. The Morgan fingerprint density at radius 3 is 1.09 bits per heavy atom. The van der Waals surface area contributed by atoms with Crippen LogP contribution in [0.25, 0.3) is 0 Å². The molecule has 0 unspecified atom stereocenters. The van der Waals surface area contributed by atoms with E-state index in [1.54, 1.807) is 0 Å². The molecule has 1 rings (SSSR count). The standard InChI is InChI=1S/C4H5N.3CH5N/c1-2-4-5-3-1;3*1-2/h1-5H;3*2H2,1H3. The molecule has 0 amide bonds. The highest BCUT2D eigenvalue weighted by Crippen LogP contribution is 1.72. The SMILES string of the molecule is CN.CN.CN.c1cc[nH]c1. The summed E-state index contributed by atoms with van der Waals surface area (Å²) in [6.07, 6.45) is 3.75. The van der Waals surface area contributed by atoms with E-state index < -0.39 is 0 Å². The molecule has 0 aromatic carbocycles. The van der Waals surface area contributed by atoms with Crippen LogP contribution in [0.3, 0.4) is 0 Å². The Hall–Kier alpha value is -0.840. The number of aromatic amines is 1. The van der Waals surface area contributed by atoms with E-state index in [2.05, 4.69) is 22.2 Å². The first-order valence-corrected chi connectivity index (χ1v) is 3.31. The lowest BCUT2D eigenvalue weighted by molar-refractivity contribution is 1.42. The summed E-state index contributed by atoms with van der Waals surface area (Å²) in [6, 6.07) is 3.89. The van der Waals surface area contributed by atoms with E-state index >= 15 is 0 Å². The topological polar surface area (TPSA) is 93.8 Å². The molecule has 0 saturated carbocycles. The largest absolute Gasteiger partial charge is 0.368 e. The van der Waals surface area contributed by atoms with Crippen molar-refractivity contribution in [3.05, 3.63) is 24.5 Å². The van der Waals surface area contributed by atoms with Crippen LogP contribution in [0.4, 0.5) is 0 Å². The maximum atomic E-state index is 4.50. The van der Waals surface area contributed by atoms with Gasteiger partial charge in [0.15, 0.2) is 0 Å². The molecule has 0 radical (unpaired) electrons. The van der Waals surface area contributed by atoms with E-state index in [1.165, 1.54) is 21.1 Å².